The third-order valence-corrected chi connectivity index (χ3v) is 7.14. The molecule has 0 aliphatic heterocycles. The maximum absolute atomic E-state index is 11.4. The van der Waals surface area contributed by atoms with Crippen LogP contribution in [0.4, 0.5) is 0 Å². The van der Waals surface area contributed by atoms with E-state index in [1.165, 1.54) is 0 Å². The van der Waals surface area contributed by atoms with Crippen LogP contribution in [-0.2, 0) is 9.59 Å². The van der Waals surface area contributed by atoms with Crippen molar-refractivity contribution in [2.45, 2.75) is 37.9 Å². The van der Waals surface area contributed by atoms with Crippen LogP contribution in [0.25, 0.3) is 0 Å². The van der Waals surface area contributed by atoms with Gasteiger partial charge in [-0.3, -0.25) is 0 Å². The Hall–Kier alpha value is -1.95. The number of carbonyl (C=O) groups is 2. The van der Waals surface area contributed by atoms with E-state index in [9.17, 15) is 9.59 Å². The van der Waals surface area contributed by atoms with Crippen LogP contribution in [0, 0.1) is 0 Å². The van der Waals surface area contributed by atoms with Crippen LogP contribution in [0.2, 0.25) is 0 Å². The van der Waals surface area contributed by atoms with Crippen LogP contribution in [0.1, 0.15) is 13.8 Å². The van der Waals surface area contributed by atoms with Crippen LogP contribution in [0.3, 0.4) is 0 Å². The number of thioether (sulfide) groups is 3. The summed E-state index contributed by atoms with van der Waals surface area (Å²) in [4.78, 5) is 25.0. The highest BCUT2D eigenvalue weighted by atomic mass is 32.2. The molecule has 0 N–H and O–H groups in total. The summed E-state index contributed by atoms with van der Waals surface area (Å²) in [7, 11) is 0. The van der Waals surface area contributed by atoms with Gasteiger partial charge in [-0.05, 0) is 50.2 Å². The summed E-state index contributed by atoms with van der Waals surface area (Å²) in [5.74, 6) is 0. The SMILES string of the molecule is CC(C=O)(Sc1ccccc1)Sc1ccccc1.CC(C=O)Sc1ccccc1. The van der Waals surface area contributed by atoms with Gasteiger partial charge in [0.25, 0.3) is 0 Å². The summed E-state index contributed by atoms with van der Waals surface area (Å²) >= 11 is 4.74. The average molecular weight is 441 g/mol. The van der Waals surface area contributed by atoms with Crippen molar-refractivity contribution in [3.05, 3.63) is 91.0 Å². The molecule has 2 nitrogen and oxygen atoms in total. The molecular weight excluding hydrogens is 416 g/mol. The molecule has 0 aromatic heterocycles. The first-order valence-electron chi connectivity index (χ1n) is 9.16. The quantitative estimate of drug-likeness (QED) is 0.217. The zero-order valence-electron chi connectivity index (χ0n) is 16.4. The van der Waals surface area contributed by atoms with E-state index in [4.69, 9.17) is 0 Å². The molecule has 0 saturated heterocycles. The van der Waals surface area contributed by atoms with Crippen LogP contribution < -0.4 is 0 Å². The molecule has 1 unspecified atom stereocenters. The molecule has 3 aromatic rings. The maximum Gasteiger partial charge on any atom is 0.146 e. The third-order valence-electron chi connectivity index (χ3n) is 3.60. The van der Waals surface area contributed by atoms with Crippen molar-refractivity contribution >= 4 is 47.9 Å². The molecule has 0 aliphatic carbocycles. The Balaban J connectivity index is 0.000000234. The Labute approximate surface area is 185 Å². The van der Waals surface area contributed by atoms with E-state index in [2.05, 4.69) is 0 Å². The van der Waals surface area contributed by atoms with E-state index in [0.717, 1.165) is 27.3 Å². The standard InChI is InChI=1S/C15H14OS2.C9H10OS/c1-15(12-16,17-13-8-4-2-5-9-13)18-14-10-6-3-7-11-14;1-8(7-10)11-9-5-3-2-4-6-9/h2-12H,1H3;2-8H,1H3. The smallest absolute Gasteiger partial charge is 0.146 e. The van der Waals surface area contributed by atoms with E-state index >= 15 is 0 Å². The predicted molar refractivity (Wildman–Crippen MR) is 127 cm³/mol. The molecule has 0 radical (unpaired) electrons. The summed E-state index contributed by atoms with van der Waals surface area (Å²) in [6, 6.07) is 29.9. The molecule has 0 bridgehead atoms. The van der Waals surface area contributed by atoms with Crippen LogP contribution in [0.15, 0.2) is 106 Å². The fraction of sp³-hybridized carbons (Fsp3) is 0.167. The lowest BCUT2D eigenvalue weighted by Gasteiger charge is -2.21. The molecule has 0 aliphatic rings. The molecule has 0 heterocycles. The van der Waals surface area contributed by atoms with Gasteiger partial charge in [-0.1, -0.05) is 54.6 Å². The fourth-order valence-electron chi connectivity index (χ4n) is 2.26. The van der Waals surface area contributed by atoms with Crippen molar-refractivity contribution in [3.8, 4) is 0 Å². The van der Waals surface area contributed by atoms with Gasteiger partial charge in [0.2, 0.25) is 0 Å². The first kappa shape index (κ1) is 23.3. The Morgan fingerprint density at radius 1 is 0.690 bits per heavy atom. The maximum atomic E-state index is 11.4. The summed E-state index contributed by atoms with van der Waals surface area (Å²) in [5.41, 5.74) is 0. The van der Waals surface area contributed by atoms with Gasteiger partial charge in [-0.25, -0.2) is 0 Å². The van der Waals surface area contributed by atoms with Crippen LogP contribution in [-0.4, -0.2) is 21.9 Å². The van der Waals surface area contributed by atoms with Crippen molar-refractivity contribution in [2.75, 3.05) is 0 Å². The minimum absolute atomic E-state index is 0.0531. The van der Waals surface area contributed by atoms with Gasteiger partial charge in [0, 0.05) is 14.7 Å². The van der Waals surface area contributed by atoms with Crippen molar-refractivity contribution in [3.63, 3.8) is 0 Å². The van der Waals surface area contributed by atoms with Gasteiger partial charge in [-0.15, -0.1) is 35.3 Å². The molecular formula is C24H24O2S3. The molecule has 29 heavy (non-hydrogen) atoms. The lowest BCUT2D eigenvalue weighted by molar-refractivity contribution is -0.108. The van der Waals surface area contributed by atoms with Gasteiger partial charge in [0.15, 0.2) is 0 Å². The monoisotopic (exact) mass is 440 g/mol. The third kappa shape index (κ3) is 8.94. The summed E-state index contributed by atoms with van der Waals surface area (Å²) in [5, 5.41) is 0.0531. The van der Waals surface area contributed by atoms with Crippen molar-refractivity contribution < 1.29 is 9.59 Å². The molecule has 0 saturated carbocycles. The highest BCUT2D eigenvalue weighted by Gasteiger charge is 2.26. The lowest BCUT2D eigenvalue weighted by atomic mass is 10.4. The second kappa shape index (κ2) is 12.6. The number of carbonyl (C=O) groups excluding carboxylic acids is 2. The summed E-state index contributed by atoms with van der Waals surface area (Å²) < 4.78 is -0.497. The number of rotatable bonds is 8. The van der Waals surface area contributed by atoms with Crippen LogP contribution in [0.5, 0.6) is 0 Å². The van der Waals surface area contributed by atoms with E-state index < -0.39 is 4.08 Å². The Morgan fingerprint density at radius 2 is 1.07 bits per heavy atom. The zero-order valence-corrected chi connectivity index (χ0v) is 18.9. The van der Waals surface area contributed by atoms with E-state index in [1.807, 2.05) is 105 Å². The normalized spacial score (nSPS) is 11.7. The molecule has 1 atom stereocenters. The van der Waals surface area contributed by atoms with Crippen molar-refractivity contribution in [1.82, 2.24) is 0 Å². The number of hydrogen-bond donors (Lipinski definition) is 0. The molecule has 5 heteroatoms. The summed E-state index contributed by atoms with van der Waals surface area (Å²) in [6.07, 6.45) is 1.97. The van der Waals surface area contributed by atoms with E-state index in [1.54, 1.807) is 35.3 Å². The molecule has 0 fully saturated rings. The second-order valence-electron chi connectivity index (χ2n) is 6.24. The van der Waals surface area contributed by atoms with E-state index in [0.29, 0.717) is 0 Å². The first-order chi connectivity index (χ1) is 14.0. The highest BCUT2D eigenvalue weighted by Crippen LogP contribution is 2.43. The van der Waals surface area contributed by atoms with E-state index in [-0.39, 0.29) is 5.25 Å². The molecule has 150 valence electrons. The molecule has 0 amide bonds. The van der Waals surface area contributed by atoms with Crippen molar-refractivity contribution in [1.29, 1.82) is 0 Å². The predicted octanol–water partition coefficient (Wildman–Crippen LogP) is 6.85. The largest absolute Gasteiger partial charge is 0.302 e. The van der Waals surface area contributed by atoms with Gasteiger partial charge < -0.3 is 9.59 Å². The molecule has 0 spiro atoms. The molecule has 3 rings (SSSR count). The molecule has 3 aromatic carbocycles. The fourth-order valence-corrected chi connectivity index (χ4v) is 5.42. The minimum Gasteiger partial charge on any atom is -0.302 e. The van der Waals surface area contributed by atoms with Gasteiger partial charge in [-0.2, -0.15) is 0 Å². The number of aldehydes is 2. The lowest BCUT2D eigenvalue weighted by Crippen LogP contribution is -2.16. The summed E-state index contributed by atoms with van der Waals surface area (Å²) in [6.45, 7) is 3.85. The topological polar surface area (TPSA) is 34.1 Å². The minimum atomic E-state index is -0.497. The highest BCUT2D eigenvalue weighted by molar-refractivity contribution is 8.19. The van der Waals surface area contributed by atoms with Gasteiger partial charge >= 0.3 is 0 Å². The number of hydrogen-bond acceptors (Lipinski definition) is 5. The van der Waals surface area contributed by atoms with Gasteiger partial charge in [0.1, 0.15) is 16.7 Å². The van der Waals surface area contributed by atoms with Crippen LogP contribution >= 0.6 is 35.3 Å². The van der Waals surface area contributed by atoms with Gasteiger partial charge in [0.05, 0.1) is 5.25 Å². The zero-order chi connectivity index (χ0) is 21.0. The Morgan fingerprint density at radius 3 is 1.41 bits per heavy atom. The Kier molecular flexibility index (Phi) is 10.1. The number of benzene rings is 3. The Bertz CT molecular complexity index is 814. The average Bonchev–Trinajstić information content (AvgIpc) is 2.76. The second-order valence-corrected chi connectivity index (χ2v) is 11.0. The first-order valence-corrected chi connectivity index (χ1v) is 11.7. The van der Waals surface area contributed by atoms with Crippen molar-refractivity contribution in [2.24, 2.45) is 0 Å².